The van der Waals surface area contributed by atoms with E-state index < -0.39 is 14.8 Å². The van der Waals surface area contributed by atoms with Gasteiger partial charge in [-0.1, -0.05) is 18.2 Å². The van der Waals surface area contributed by atoms with Crippen molar-refractivity contribution in [3.63, 3.8) is 0 Å². The Bertz CT molecular complexity index is 1320. The maximum Gasteiger partial charge on any atom is 0.269 e. The minimum Gasteiger partial charge on any atom is -0.368 e. The summed E-state index contributed by atoms with van der Waals surface area (Å²) in [7, 11) is -3.41. The lowest BCUT2D eigenvalue weighted by Crippen LogP contribution is -2.48. The number of sulfone groups is 1. The molecule has 164 valence electrons. The molecule has 1 saturated heterocycles. The number of thiophene rings is 1. The van der Waals surface area contributed by atoms with Gasteiger partial charge in [0, 0.05) is 54.4 Å². The Labute approximate surface area is 188 Å². The largest absolute Gasteiger partial charge is 0.368 e. The third-order valence-corrected chi connectivity index (χ3v) is 8.74. The number of hydrogen-bond acceptors (Lipinski definition) is 7. The van der Waals surface area contributed by atoms with Crippen LogP contribution in [0.5, 0.6) is 0 Å². The molecular weight excluding hydrogens is 450 g/mol. The van der Waals surface area contributed by atoms with Crippen LogP contribution < -0.4 is 4.90 Å². The third kappa shape index (κ3) is 3.55. The van der Waals surface area contributed by atoms with E-state index in [4.69, 9.17) is 0 Å². The molecule has 2 aromatic carbocycles. The molecule has 0 spiro atoms. The average Bonchev–Trinajstić information content (AvgIpc) is 3.22. The maximum absolute atomic E-state index is 13.1. The second kappa shape index (κ2) is 7.72. The second-order valence-corrected chi connectivity index (χ2v) is 10.8. The van der Waals surface area contributed by atoms with E-state index in [0.29, 0.717) is 47.1 Å². The number of hydrogen-bond donors (Lipinski definition) is 0. The Balaban J connectivity index is 1.32. The van der Waals surface area contributed by atoms with Gasteiger partial charge in [-0.2, -0.15) is 0 Å². The summed E-state index contributed by atoms with van der Waals surface area (Å²) in [5, 5.41) is 10.8. The van der Waals surface area contributed by atoms with Gasteiger partial charge in [0.2, 0.25) is 0 Å². The van der Waals surface area contributed by atoms with Gasteiger partial charge in [0.1, 0.15) is 0 Å². The molecule has 2 aliphatic rings. The molecule has 1 aromatic heterocycles. The normalized spacial score (nSPS) is 16.9. The van der Waals surface area contributed by atoms with Crippen molar-refractivity contribution in [1.82, 2.24) is 4.90 Å². The van der Waals surface area contributed by atoms with Crippen LogP contribution in [-0.4, -0.2) is 50.3 Å². The number of fused-ring (bicyclic) bond motifs is 3. The Morgan fingerprint density at radius 1 is 1.00 bits per heavy atom. The monoisotopic (exact) mass is 469 g/mol. The van der Waals surface area contributed by atoms with Crippen molar-refractivity contribution < 1.29 is 18.1 Å². The standard InChI is InChI=1S/C22H19N3O5S2/c26-22(24-11-9-23(10-12-24)16-5-7-17(8-6-16)25(27)28)19-13-15-14-32(29,30)20-4-2-1-3-18(20)21(15)31-19/h1-8,13H,9-12,14H2. The molecule has 32 heavy (non-hydrogen) atoms. The summed E-state index contributed by atoms with van der Waals surface area (Å²) < 4.78 is 25.2. The number of rotatable bonds is 3. The highest BCUT2D eigenvalue weighted by Gasteiger charge is 2.32. The number of amides is 1. The fourth-order valence-corrected chi connectivity index (χ4v) is 7.11. The molecule has 8 nitrogen and oxygen atoms in total. The third-order valence-electron chi connectivity index (χ3n) is 5.82. The van der Waals surface area contributed by atoms with Crippen LogP contribution in [-0.2, 0) is 15.6 Å². The molecule has 1 amide bonds. The number of non-ortho nitro benzene ring substituents is 1. The number of carbonyl (C=O) groups excluding carboxylic acids is 1. The highest BCUT2D eigenvalue weighted by molar-refractivity contribution is 7.91. The first-order valence-electron chi connectivity index (χ1n) is 10.1. The van der Waals surface area contributed by atoms with Crippen molar-refractivity contribution in [2.24, 2.45) is 0 Å². The number of anilines is 1. The zero-order valence-corrected chi connectivity index (χ0v) is 18.6. The lowest BCUT2D eigenvalue weighted by molar-refractivity contribution is -0.384. The van der Waals surface area contributed by atoms with E-state index in [9.17, 15) is 23.3 Å². The van der Waals surface area contributed by atoms with E-state index in [1.54, 1.807) is 41.3 Å². The number of piperazine rings is 1. The van der Waals surface area contributed by atoms with Crippen molar-refractivity contribution in [3.8, 4) is 10.4 Å². The predicted octanol–water partition coefficient (Wildman–Crippen LogP) is 3.57. The van der Waals surface area contributed by atoms with E-state index >= 15 is 0 Å². The summed E-state index contributed by atoms with van der Waals surface area (Å²) in [5.41, 5.74) is 2.28. The molecular formula is C22H19N3O5S2. The van der Waals surface area contributed by atoms with Crippen LogP contribution in [0.2, 0.25) is 0 Å². The van der Waals surface area contributed by atoms with Crippen molar-refractivity contribution in [2.75, 3.05) is 31.1 Å². The van der Waals surface area contributed by atoms with Gasteiger partial charge in [0.05, 0.1) is 20.4 Å². The number of carbonyl (C=O) groups is 1. The van der Waals surface area contributed by atoms with Crippen LogP contribution in [0.25, 0.3) is 10.4 Å². The van der Waals surface area contributed by atoms with Crippen LogP contribution in [0.3, 0.4) is 0 Å². The van der Waals surface area contributed by atoms with Crippen LogP contribution in [0.15, 0.2) is 59.5 Å². The van der Waals surface area contributed by atoms with E-state index in [0.717, 1.165) is 10.6 Å². The Morgan fingerprint density at radius 2 is 1.69 bits per heavy atom. The molecule has 1 fully saturated rings. The van der Waals surface area contributed by atoms with E-state index in [1.807, 2.05) is 6.07 Å². The fraction of sp³-hybridized carbons (Fsp3) is 0.227. The zero-order chi connectivity index (χ0) is 22.5. The fourth-order valence-electron chi connectivity index (χ4n) is 4.19. The topological polar surface area (TPSA) is 101 Å². The summed E-state index contributed by atoms with van der Waals surface area (Å²) in [5.74, 6) is -0.181. The summed E-state index contributed by atoms with van der Waals surface area (Å²) in [6, 6.07) is 15.1. The smallest absolute Gasteiger partial charge is 0.269 e. The van der Waals surface area contributed by atoms with Gasteiger partial charge < -0.3 is 9.80 Å². The van der Waals surface area contributed by atoms with E-state index in [-0.39, 0.29) is 17.3 Å². The molecule has 0 saturated carbocycles. The highest BCUT2D eigenvalue weighted by atomic mass is 32.2. The van der Waals surface area contributed by atoms with Gasteiger partial charge in [-0.15, -0.1) is 11.3 Å². The minimum absolute atomic E-state index is 0.0489. The lowest BCUT2D eigenvalue weighted by Gasteiger charge is -2.35. The van der Waals surface area contributed by atoms with Gasteiger partial charge in [-0.3, -0.25) is 14.9 Å². The van der Waals surface area contributed by atoms with Gasteiger partial charge in [-0.25, -0.2) is 8.42 Å². The minimum atomic E-state index is -3.41. The molecule has 5 rings (SSSR count). The molecule has 0 N–H and O–H groups in total. The summed E-state index contributed by atoms with van der Waals surface area (Å²) in [6.07, 6.45) is 0. The first kappa shape index (κ1) is 20.7. The van der Waals surface area contributed by atoms with Crippen LogP contribution in [0.1, 0.15) is 15.2 Å². The Morgan fingerprint density at radius 3 is 2.38 bits per heavy atom. The first-order valence-corrected chi connectivity index (χ1v) is 12.5. The molecule has 2 aliphatic heterocycles. The van der Waals surface area contributed by atoms with E-state index in [2.05, 4.69) is 4.90 Å². The molecule has 0 unspecified atom stereocenters. The quantitative estimate of drug-likeness (QED) is 0.429. The Kier molecular flexibility index (Phi) is 4.98. The van der Waals surface area contributed by atoms with Crippen LogP contribution in [0, 0.1) is 10.1 Å². The van der Waals surface area contributed by atoms with Gasteiger partial charge >= 0.3 is 0 Å². The molecule has 3 heterocycles. The molecule has 0 atom stereocenters. The van der Waals surface area contributed by atoms with Crippen molar-refractivity contribution >= 4 is 38.5 Å². The first-order chi connectivity index (χ1) is 15.3. The molecule has 0 bridgehead atoms. The maximum atomic E-state index is 13.1. The SMILES string of the molecule is O=C(c1cc2c(s1)-c1ccccc1S(=O)(=O)C2)N1CCN(c2ccc([N+](=O)[O-])cc2)CC1. The second-order valence-electron chi connectivity index (χ2n) is 7.77. The number of nitro benzene ring substituents is 1. The van der Waals surface area contributed by atoms with Gasteiger partial charge in [0.25, 0.3) is 11.6 Å². The molecule has 0 radical (unpaired) electrons. The number of benzene rings is 2. The Hall–Kier alpha value is -3.24. The predicted molar refractivity (Wildman–Crippen MR) is 122 cm³/mol. The van der Waals surface area contributed by atoms with Crippen LogP contribution >= 0.6 is 11.3 Å². The highest BCUT2D eigenvalue weighted by Crippen LogP contribution is 2.43. The van der Waals surface area contributed by atoms with Crippen molar-refractivity contribution in [1.29, 1.82) is 0 Å². The van der Waals surface area contributed by atoms with Gasteiger partial charge in [0.15, 0.2) is 9.84 Å². The van der Waals surface area contributed by atoms with Crippen LogP contribution in [0.4, 0.5) is 11.4 Å². The van der Waals surface area contributed by atoms with Crippen molar-refractivity contribution in [3.05, 3.63) is 75.2 Å². The summed E-state index contributed by atoms with van der Waals surface area (Å²) in [6.45, 7) is 2.28. The number of nitrogens with zero attached hydrogens (tertiary/aromatic N) is 3. The summed E-state index contributed by atoms with van der Waals surface area (Å²) >= 11 is 1.35. The lowest BCUT2D eigenvalue weighted by atomic mass is 10.1. The molecule has 0 aliphatic carbocycles. The molecule has 3 aromatic rings. The van der Waals surface area contributed by atoms with Crippen molar-refractivity contribution in [2.45, 2.75) is 10.6 Å². The molecule has 10 heteroatoms. The van der Waals surface area contributed by atoms with E-state index in [1.165, 1.54) is 23.5 Å². The average molecular weight is 470 g/mol. The number of nitro groups is 1. The zero-order valence-electron chi connectivity index (χ0n) is 16.9. The van der Waals surface area contributed by atoms with Gasteiger partial charge in [-0.05, 0) is 29.8 Å². The summed E-state index contributed by atoms with van der Waals surface area (Å²) in [4.78, 5) is 29.1.